The fourth-order valence-electron chi connectivity index (χ4n) is 2.87. The van der Waals surface area contributed by atoms with Crippen molar-refractivity contribution in [2.45, 2.75) is 45.6 Å². The average molecular weight is 291 g/mol. The highest BCUT2D eigenvalue weighted by Gasteiger charge is 2.39. The van der Waals surface area contributed by atoms with Gasteiger partial charge in [-0.1, -0.05) is 13.8 Å². The molecule has 114 valence electrons. The first-order valence-electron chi connectivity index (χ1n) is 7.62. The van der Waals surface area contributed by atoms with E-state index >= 15 is 0 Å². The SMILES string of the molecule is CC(C)CCN1CCn2nc(C(=O)O)c(C3CC3)c2C1=O. The summed E-state index contributed by atoms with van der Waals surface area (Å²) < 4.78 is 1.60. The molecule has 1 aromatic heterocycles. The number of aromatic carboxylic acids is 1. The molecule has 6 nitrogen and oxygen atoms in total. The van der Waals surface area contributed by atoms with E-state index < -0.39 is 5.97 Å². The van der Waals surface area contributed by atoms with Gasteiger partial charge in [-0.05, 0) is 31.1 Å². The van der Waals surface area contributed by atoms with Gasteiger partial charge in [-0.25, -0.2) is 4.79 Å². The number of carbonyl (C=O) groups excluding carboxylic acids is 1. The maximum Gasteiger partial charge on any atom is 0.356 e. The molecule has 1 fully saturated rings. The molecule has 1 aliphatic heterocycles. The first kappa shape index (κ1) is 14.1. The Morgan fingerprint density at radius 1 is 1.38 bits per heavy atom. The van der Waals surface area contributed by atoms with Gasteiger partial charge in [0.25, 0.3) is 5.91 Å². The first-order chi connectivity index (χ1) is 9.99. The van der Waals surface area contributed by atoms with Gasteiger partial charge in [0.05, 0.1) is 6.54 Å². The zero-order valence-corrected chi connectivity index (χ0v) is 12.5. The minimum atomic E-state index is -1.03. The zero-order chi connectivity index (χ0) is 15.1. The number of amides is 1. The first-order valence-corrected chi connectivity index (χ1v) is 7.62. The number of fused-ring (bicyclic) bond motifs is 1. The number of carbonyl (C=O) groups is 2. The summed E-state index contributed by atoms with van der Waals surface area (Å²) in [6.07, 6.45) is 2.88. The van der Waals surface area contributed by atoms with Crippen molar-refractivity contribution in [2.75, 3.05) is 13.1 Å². The lowest BCUT2D eigenvalue weighted by atomic mass is 10.0. The molecule has 2 aliphatic rings. The number of nitrogens with zero attached hydrogens (tertiary/aromatic N) is 3. The van der Waals surface area contributed by atoms with Crippen LogP contribution in [0.4, 0.5) is 0 Å². The molecule has 0 atom stereocenters. The normalized spacial score (nSPS) is 18.2. The molecule has 0 bridgehead atoms. The van der Waals surface area contributed by atoms with Crippen LogP contribution in [0.5, 0.6) is 0 Å². The van der Waals surface area contributed by atoms with Gasteiger partial charge in [0.15, 0.2) is 5.69 Å². The van der Waals surface area contributed by atoms with Gasteiger partial charge < -0.3 is 10.0 Å². The van der Waals surface area contributed by atoms with Crippen molar-refractivity contribution < 1.29 is 14.7 Å². The molecule has 21 heavy (non-hydrogen) atoms. The molecule has 0 aromatic carbocycles. The van der Waals surface area contributed by atoms with E-state index in [0.717, 1.165) is 25.8 Å². The van der Waals surface area contributed by atoms with Gasteiger partial charge in [0.2, 0.25) is 0 Å². The van der Waals surface area contributed by atoms with Crippen molar-refractivity contribution in [3.05, 3.63) is 17.0 Å². The number of rotatable bonds is 5. The molecule has 1 aliphatic carbocycles. The number of carboxylic acids is 1. The van der Waals surface area contributed by atoms with Crippen LogP contribution < -0.4 is 0 Å². The van der Waals surface area contributed by atoms with Gasteiger partial charge in [-0.2, -0.15) is 5.10 Å². The van der Waals surface area contributed by atoms with Crippen LogP contribution in [-0.4, -0.2) is 44.8 Å². The van der Waals surface area contributed by atoms with Crippen molar-refractivity contribution >= 4 is 11.9 Å². The number of carboxylic acid groups (broad SMARTS) is 1. The maximum absolute atomic E-state index is 12.7. The molecular formula is C15H21N3O3. The number of hydrogen-bond acceptors (Lipinski definition) is 3. The standard InChI is InChI=1S/C15H21N3O3/c1-9(2)5-6-17-7-8-18-13(14(17)19)11(10-3-4-10)12(16-18)15(20)21/h9-10H,3-8H2,1-2H3,(H,20,21). The third-order valence-corrected chi connectivity index (χ3v) is 4.23. The summed E-state index contributed by atoms with van der Waals surface area (Å²) in [4.78, 5) is 25.9. The molecule has 0 radical (unpaired) electrons. The summed E-state index contributed by atoms with van der Waals surface area (Å²) in [7, 11) is 0. The van der Waals surface area contributed by atoms with E-state index in [0.29, 0.717) is 30.3 Å². The summed E-state index contributed by atoms with van der Waals surface area (Å²) in [6, 6.07) is 0. The zero-order valence-electron chi connectivity index (χ0n) is 12.5. The number of aromatic nitrogens is 2. The highest BCUT2D eigenvalue weighted by atomic mass is 16.4. The lowest BCUT2D eigenvalue weighted by Gasteiger charge is -2.28. The second-order valence-corrected chi connectivity index (χ2v) is 6.39. The Kier molecular flexibility index (Phi) is 3.47. The Bertz CT molecular complexity index is 587. The molecule has 2 heterocycles. The van der Waals surface area contributed by atoms with E-state index in [1.54, 1.807) is 4.68 Å². The smallest absolute Gasteiger partial charge is 0.356 e. The van der Waals surface area contributed by atoms with E-state index in [2.05, 4.69) is 18.9 Å². The van der Waals surface area contributed by atoms with Crippen LogP contribution in [0, 0.1) is 5.92 Å². The van der Waals surface area contributed by atoms with Crippen LogP contribution in [0.25, 0.3) is 0 Å². The van der Waals surface area contributed by atoms with Crippen molar-refractivity contribution in [3.63, 3.8) is 0 Å². The van der Waals surface area contributed by atoms with Crippen LogP contribution in [0.15, 0.2) is 0 Å². The monoisotopic (exact) mass is 291 g/mol. The Morgan fingerprint density at radius 2 is 2.10 bits per heavy atom. The van der Waals surface area contributed by atoms with Crippen LogP contribution >= 0.6 is 0 Å². The summed E-state index contributed by atoms with van der Waals surface area (Å²) in [5.41, 5.74) is 1.26. The van der Waals surface area contributed by atoms with Gasteiger partial charge in [-0.3, -0.25) is 9.48 Å². The molecule has 6 heteroatoms. The van der Waals surface area contributed by atoms with Crippen molar-refractivity contribution in [2.24, 2.45) is 5.92 Å². The average Bonchev–Trinajstić information content (AvgIpc) is 3.17. The van der Waals surface area contributed by atoms with Crippen molar-refractivity contribution in [3.8, 4) is 0 Å². The third kappa shape index (κ3) is 2.54. The molecule has 0 unspecified atom stereocenters. The molecule has 1 aromatic rings. The Labute approximate surface area is 123 Å². The molecule has 1 N–H and O–H groups in total. The van der Waals surface area contributed by atoms with Crippen molar-refractivity contribution in [1.29, 1.82) is 0 Å². The predicted octanol–water partition coefficient (Wildman–Crippen LogP) is 1.96. The maximum atomic E-state index is 12.7. The highest BCUT2D eigenvalue weighted by molar-refractivity contribution is 5.99. The van der Waals surface area contributed by atoms with Gasteiger partial charge in [0, 0.05) is 18.7 Å². The van der Waals surface area contributed by atoms with E-state index in [1.165, 1.54) is 0 Å². The van der Waals surface area contributed by atoms with Crippen LogP contribution in [0.3, 0.4) is 0 Å². The fraction of sp³-hybridized carbons (Fsp3) is 0.667. The molecule has 0 saturated heterocycles. The Balaban J connectivity index is 1.93. The van der Waals surface area contributed by atoms with Gasteiger partial charge in [0.1, 0.15) is 5.69 Å². The molecule has 1 saturated carbocycles. The van der Waals surface area contributed by atoms with Crippen LogP contribution in [0.1, 0.15) is 65.6 Å². The van der Waals surface area contributed by atoms with E-state index in [9.17, 15) is 14.7 Å². The predicted molar refractivity (Wildman–Crippen MR) is 76.5 cm³/mol. The minimum Gasteiger partial charge on any atom is -0.476 e. The van der Waals surface area contributed by atoms with E-state index in [4.69, 9.17) is 0 Å². The van der Waals surface area contributed by atoms with E-state index in [-0.39, 0.29) is 17.5 Å². The topological polar surface area (TPSA) is 75.4 Å². The van der Waals surface area contributed by atoms with Gasteiger partial charge in [-0.15, -0.1) is 0 Å². The third-order valence-electron chi connectivity index (χ3n) is 4.23. The molecule has 3 rings (SSSR count). The largest absolute Gasteiger partial charge is 0.476 e. The lowest BCUT2D eigenvalue weighted by Crippen LogP contribution is -2.41. The van der Waals surface area contributed by atoms with E-state index in [1.807, 2.05) is 4.90 Å². The summed E-state index contributed by atoms with van der Waals surface area (Å²) >= 11 is 0. The second-order valence-electron chi connectivity index (χ2n) is 6.39. The van der Waals surface area contributed by atoms with Crippen molar-refractivity contribution in [1.82, 2.24) is 14.7 Å². The fourth-order valence-corrected chi connectivity index (χ4v) is 2.87. The molecule has 1 amide bonds. The number of hydrogen-bond donors (Lipinski definition) is 1. The Hall–Kier alpha value is -1.85. The Morgan fingerprint density at radius 3 is 2.67 bits per heavy atom. The minimum absolute atomic E-state index is 0.0520. The molecular weight excluding hydrogens is 270 g/mol. The summed E-state index contributed by atoms with van der Waals surface area (Å²) in [6.45, 7) is 6.21. The van der Waals surface area contributed by atoms with Crippen LogP contribution in [0.2, 0.25) is 0 Å². The quantitative estimate of drug-likeness (QED) is 0.899. The van der Waals surface area contributed by atoms with Gasteiger partial charge >= 0.3 is 5.97 Å². The summed E-state index contributed by atoms with van der Waals surface area (Å²) in [5, 5.41) is 13.5. The van der Waals surface area contributed by atoms with Crippen LogP contribution in [-0.2, 0) is 6.54 Å². The molecule has 0 spiro atoms. The highest BCUT2D eigenvalue weighted by Crippen LogP contribution is 2.44. The summed E-state index contributed by atoms with van der Waals surface area (Å²) in [5.74, 6) is -0.333. The second kappa shape index (κ2) is 5.16. The lowest BCUT2D eigenvalue weighted by molar-refractivity contribution is 0.0674.